The third kappa shape index (κ3) is 49.4. The van der Waals surface area contributed by atoms with Crippen LogP contribution in [0.25, 0.3) is 0 Å². The molecule has 4 bridgehead atoms. The number of halogens is 4. The van der Waals surface area contributed by atoms with E-state index in [1.54, 1.807) is 0 Å². The van der Waals surface area contributed by atoms with Gasteiger partial charge in [-0.1, -0.05) is 343 Å². The first kappa shape index (κ1) is 100. The number of quaternary nitrogens is 3. The van der Waals surface area contributed by atoms with Crippen molar-refractivity contribution >= 4 is 15.9 Å². The molecule has 6 saturated heterocycles. The van der Waals surface area contributed by atoms with E-state index in [2.05, 4.69) is 267 Å². The number of benzene rings is 5. The summed E-state index contributed by atoms with van der Waals surface area (Å²) in [5, 5.41) is 1.17. The second-order valence-electron chi connectivity index (χ2n) is 28.7. The number of fused-ring (bicyclic) bond motifs is 6. The zero-order valence-electron chi connectivity index (χ0n) is 65.8. The van der Waals surface area contributed by atoms with E-state index < -0.39 is 0 Å². The van der Waals surface area contributed by atoms with Crippen LogP contribution in [0.2, 0.25) is 0 Å². The van der Waals surface area contributed by atoms with Gasteiger partial charge in [0.15, 0.2) is 0 Å². The Morgan fingerprint density at radius 3 is 0.635 bits per heavy atom. The van der Waals surface area contributed by atoms with E-state index >= 15 is 0 Å². The minimum Gasteiger partial charge on any atom is -1.00 e. The summed E-state index contributed by atoms with van der Waals surface area (Å²) in [6.07, 6.45) is 24.3. The van der Waals surface area contributed by atoms with Crippen LogP contribution in [-0.2, 0) is 0 Å². The molecule has 554 valence electrons. The van der Waals surface area contributed by atoms with Gasteiger partial charge in [0.1, 0.15) is 39.3 Å². The van der Waals surface area contributed by atoms with Crippen LogP contribution in [0, 0.1) is 11.8 Å². The van der Waals surface area contributed by atoms with Crippen LogP contribution >= 0.6 is 15.9 Å². The normalized spacial score (nSPS) is 19.2. The molecule has 0 amide bonds. The maximum atomic E-state index is 3.35. The fraction of sp³-hybridized carbons (Fsp3) is 0.659. The van der Waals surface area contributed by atoms with Gasteiger partial charge < -0.3 is 64.4 Å². The molecule has 0 aliphatic carbocycles. The third-order valence-corrected chi connectivity index (χ3v) is 21.0. The van der Waals surface area contributed by atoms with Crippen molar-refractivity contribution in [1.82, 2.24) is 4.90 Å². The Balaban J connectivity index is -0.000000500. The van der Waals surface area contributed by atoms with Crippen molar-refractivity contribution in [1.29, 1.82) is 0 Å². The number of unbranched alkanes of at least 4 members (excludes halogenated alkanes) is 8. The molecular formula is C88H154Br4N4. The summed E-state index contributed by atoms with van der Waals surface area (Å²) in [4.78, 5) is 2.62. The molecule has 0 aromatic heterocycles. The summed E-state index contributed by atoms with van der Waals surface area (Å²) in [5.74, 6) is 4.61. The number of piperazine rings is 6. The third-order valence-electron chi connectivity index (χ3n) is 20.5. The smallest absolute Gasteiger partial charge is 0.129 e. The minimum atomic E-state index is 0. The summed E-state index contributed by atoms with van der Waals surface area (Å²) < 4.78 is 4.41. The van der Waals surface area contributed by atoms with E-state index in [1.807, 2.05) is 36.4 Å². The highest BCUT2D eigenvalue weighted by molar-refractivity contribution is 9.09. The fourth-order valence-electron chi connectivity index (χ4n) is 11.6. The monoisotopic (exact) mass is 1580 g/mol. The second kappa shape index (κ2) is 66.1. The number of hydrogen-bond acceptors (Lipinski definition) is 1. The molecule has 11 rings (SSSR count). The number of nitrogens with zero attached hydrogens (tertiary/aromatic N) is 4. The highest BCUT2D eigenvalue weighted by Gasteiger charge is 2.48. The predicted octanol–water partition coefficient (Wildman–Crippen LogP) is 16.5. The predicted molar refractivity (Wildman–Crippen MR) is 425 cm³/mol. The lowest BCUT2D eigenvalue weighted by Gasteiger charge is -2.55. The summed E-state index contributed by atoms with van der Waals surface area (Å²) >= 11 is 3.35. The first-order valence-corrected chi connectivity index (χ1v) is 40.1. The van der Waals surface area contributed by atoms with Crippen LogP contribution in [0.1, 0.15) is 286 Å². The second-order valence-corrected chi connectivity index (χ2v) is 29.5. The Morgan fingerprint density at radius 1 is 0.281 bits per heavy atom. The maximum absolute atomic E-state index is 3.35. The summed E-state index contributed by atoms with van der Waals surface area (Å²) in [6.45, 7) is 62.1. The molecule has 6 fully saturated rings. The van der Waals surface area contributed by atoms with Crippen molar-refractivity contribution in [3.8, 4) is 0 Å². The van der Waals surface area contributed by atoms with Crippen LogP contribution in [-0.4, -0.2) is 122 Å². The van der Waals surface area contributed by atoms with Gasteiger partial charge >= 0.3 is 0 Å². The van der Waals surface area contributed by atoms with Crippen LogP contribution in [0.3, 0.4) is 0 Å². The van der Waals surface area contributed by atoms with Gasteiger partial charge in [0.05, 0.1) is 39.3 Å². The lowest BCUT2D eigenvalue weighted by atomic mass is 9.99. The molecule has 0 N–H and O–H groups in total. The van der Waals surface area contributed by atoms with E-state index in [0.29, 0.717) is 23.7 Å². The van der Waals surface area contributed by atoms with Crippen LogP contribution in [0.4, 0.5) is 0 Å². The highest BCUT2D eigenvalue weighted by atomic mass is 79.9. The Bertz CT molecular complexity index is 2010. The van der Waals surface area contributed by atoms with E-state index in [0.717, 1.165) is 11.8 Å². The van der Waals surface area contributed by atoms with Crippen LogP contribution in [0.5, 0.6) is 0 Å². The molecule has 6 heterocycles. The molecule has 5 aromatic rings. The number of hydrogen-bond donors (Lipinski definition) is 0. The van der Waals surface area contributed by atoms with Crippen LogP contribution in [0.15, 0.2) is 158 Å². The van der Waals surface area contributed by atoms with Crippen molar-refractivity contribution < 1.29 is 64.4 Å². The molecule has 4 atom stereocenters. The average molecular weight is 1590 g/mol. The summed E-state index contributed by atoms with van der Waals surface area (Å²) in [5.41, 5.74) is 5.80. The van der Waals surface area contributed by atoms with Crippen molar-refractivity contribution in [2.24, 2.45) is 11.8 Å². The van der Waals surface area contributed by atoms with Gasteiger partial charge in [0, 0.05) is 25.0 Å². The van der Waals surface area contributed by atoms with E-state index in [1.165, 1.54) is 255 Å². The summed E-state index contributed by atoms with van der Waals surface area (Å²) in [6, 6.07) is 54.5. The van der Waals surface area contributed by atoms with Crippen molar-refractivity contribution in [2.75, 3.05) is 104 Å². The Kier molecular flexibility index (Phi) is 69.0. The lowest BCUT2D eigenvalue weighted by molar-refractivity contribution is -1.08. The van der Waals surface area contributed by atoms with Crippen LogP contribution < -0.4 is 50.9 Å². The standard InChI is InChI=1S/C16H34N2.C11H23N2.4C10H14.C6H6.C5H11Br.2C5H12.3BrH/c1-3-5-7-9-17-11-14-18(15-12-17,16-13-17)10-8-6-4-2;1-2-3-4-8-13-9-5-12(6-10-13)7-11-13;4*1-3-9(2)10-7-5-4-6-8-10;1-2-4-6-5-3-1;1-2-3-4-5-6;2*1-4-5(2)3;;;/h3-16H2,1-2H3;2-11H2,1H3;4*4-9H,3H2,1-2H3;1-6H;2-5H2,1H3;2*5H,4H2,1-3H3;3*1H/q+2;+1;;;;;;;;;;;/p-3. The molecule has 96 heavy (non-hydrogen) atoms. The van der Waals surface area contributed by atoms with Gasteiger partial charge in [-0.3, -0.25) is 4.90 Å². The molecule has 4 unspecified atom stereocenters. The lowest BCUT2D eigenvalue weighted by Crippen LogP contribution is -3.00. The van der Waals surface area contributed by atoms with Gasteiger partial charge in [-0.2, -0.15) is 0 Å². The largest absolute Gasteiger partial charge is 1.00 e. The van der Waals surface area contributed by atoms with Gasteiger partial charge in [0.2, 0.25) is 0 Å². The number of rotatable bonds is 25. The minimum absolute atomic E-state index is 0. The zero-order chi connectivity index (χ0) is 69.3. The zero-order valence-corrected chi connectivity index (χ0v) is 72.2. The average Bonchev–Trinajstić information content (AvgIpc) is 0.807. The molecule has 0 saturated carbocycles. The van der Waals surface area contributed by atoms with Gasteiger partial charge in [-0.05, 0) is 128 Å². The van der Waals surface area contributed by atoms with E-state index in [4.69, 9.17) is 0 Å². The Labute approximate surface area is 639 Å². The summed E-state index contributed by atoms with van der Waals surface area (Å²) in [7, 11) is 0. The van der Waals surface area contributed by atoms with E-state index in [-0.39, 0.29) is 50.9 Å². The molecule has 6 aliphatic rings. The van der Waals surface area contributed by atoms with Gasteiger partial charge in [-0.25, -0.2) is 0 Å². The van der Waals surface area contributed by atoms with Gasteiger partial charge in [-0.15, -0.1) is 0 Å². The Hall–Kier alpha value is -2.14. The first-order chi connectivity index (χ1) is 44.9. The van der Waals surface area contributed by atoms with Crippen molar-refractivity contribution in [2.45, 2.75) is 264 Å². The topological polar surface area (TPSA) is 3.24 Å². The quantitative estimate of drug-likeness (QED) is 0.0320. The molecule has 6 aliphatic heterocycles. The molecule has 0 spiro atoms. The molecule has 0 radical (unpaired) electrons. The van der Waals surface area contributed by atoms with Gasteiger partial charge in [0.25, 0.3) is 0 Å². The van der Waals surface area contributed by atoms with Crippen molar-refractivity contribution in [3.63, 3.8) is 0 Å². The first-order valence-electron chi connectivity index (χ1n) is 38.9. The number of alkyl halides is 1. The molecule has 5 aromatic carbocycles. The fourth-order valence-corrected chi connectivity index (χ4v) is 12.0. The van der Waals surface area contributed by atoms with Crippen molar-refractivity contribution in [3.05, 3.63) is 180 Å². The Morgan fingerprint density at radius 2 is 0.469 bits per heavy atom. The molecule has 4 nitrogen and oxygen atoms in total. The molecular weight excluding hydrogens is 1430 g/mol. The highest BCUT2D eigenvalue weighted by Crippen LogP contribution is 2.29. The van der Waals surface area contributed by atoms with E-state index in [9.17, 15) is 0 Å². The SMILES string of the molecule is CCC(C)C.CCC(C)C.CCC(C)c1ccccc1.CCC(C)c1ccccc1.CCC(C)c1ccccc1.CCC(C)c1ccccc1.CCCCCBr.CCCCC[N+]12CCN(CC1)CC2.CCCCC[N+]12CC[N+](CCCCC)(CC1)CC2.[Br-].[Br-].[Br-].c1ccccc1. The maximum Gasteiger partial charge on any atom is 0.129 e. The molecule has 8 heteroatoms.